The Balaban J connectivity index is 2.69. The number of carbonyl (C=O) groups excluding carboxylic acids is 1. The van der Waals surface area contributed by atoms with Gasteiger partial charge in [-0.25, -0.2) is 9.97 Å². The summed E-state index contributed by atoms with van der Waals surface area (Å²) in [7, 11) is 6.76. The predicted octanol–water partition coefficient (Wildman–Crippen LogP) is -0.136. The van der Waals surface area contributed by atoms with Gasteiger partial charge in [0.15, 0.2) is 5.82 Å². The largest absolute Gasteiger partial charge is 0.383 e. The molecule has 0 bridgehead atoms. The summed E-state index contributed by atoms with van der Waals surface area (Å²) in [6.07, 6.45) is 0. The summed E-state index contributed by atoms with van der Waals surface area (Å²) in [5, 5.41) is 5.73. The van der Waals surface area contributed by atoms with Crippen molar-refractivity contribution in [3.8, 4) is 0 Å². The molecule has 1 heterocycles. The van der Waals surface area contributed by atoms with Gasteiger partial charge in [0.1, 0.15) is 18.2 Å². The number of nitrogens with zero attached hydrogens (tertiary/aromatic N) is 3. The van der Waals surface area contributed by atoms with E-state index in [4.69, 9.17) is 9.47 Å². The van der Waals surface area contributed by atoms with Crippen molar-refractivity contribution in [3.63, 3.8) is 0 Å². The van der Waals surface area contributed by atoms with Crippen LogP contribution in [0.15, 0.2) is 6.07 Å². The lowest BCUT2D eigenvalue weighted by molar-refractivity contribution is -0.119. The Morgan fingerprint density at radius 3 is 2.71 bits per heavy atom. The van der Waals surface area contributed by atoms with Gasteiger partial charge in [0.2, 0.25) is 5.91 Å². The van der Waals surface area contributed by atoms with Gasteiger partial charge in [-0.1, -0.05) is 0 Å². The molecule has 8 heteroatoms. The summed E-state index contributed by atoms with van der Waals surface area (Å²) in [5.41, 5.74) is 0. The third kappa shape index (κ3) is 5.92. The Morgan fingerprint density at radius 2 is 2.10 bits per heavy atom. The number of aromatic nitrogens is 2. The lowest BCUT2D eigenvalue weighted by Crippen LogP contribution is -2.37. The van der Waals surface area contributed by atoms with Crippen molar-refractivity contribution in [3.05, 3.63) is 11.9 Å². The van der Waals surface area contributed by atoms with Gasteiger partial charge >= 0.3 is 0 Å². The summed E-state index contributed by atoms with van der Waals surface area (Å²) >= 11 is 0. The number of likely N-dealkylation sites (N-methyl/N-ethyl adjacent to an activating group) is 1. The summed E-state index contributed by atoms with van der Waals surface area (Å²) in [4.78, 5) is 22.2. The van der Waals surface area contributed by atoms with E-state index < -0.39 is 0 Å². The van der Waals surface area contributed by atoms with Crippen molar-refractivity contribution in [2.24, 2.45) is 0 Å². The van der Waals surface area contributed by atoms with Crippen LogP contribution >= 0.6 is 0 Å². The third-order valence-corrected chi connectivity index (χ3v) is 2.69. The first-order chi connectivity index (χ1) is 10.1. The zero-order valence-electron chi connectivity index (χ0n) is 13.0. The predicted molar refractivity (Wildman–Crippen MR) is 80.4 cm³/mol. The van der Waals surface area contributed by atoms with E-state index in [0.717, 1.165) is 0 Å². The maximum absolute atomic E-state index is 11.8. The van der Waals surface area contributed by atoms with Crippen LogP contribution in [0, 0.1) is 0 Å². The third-order valence-electron chi connectivity index (χ3n) is 2.69. The molecule has 0 unspecified atom stereocenters. The van der Waals surface area contributed by atoms with Crippen LogP contribution in [0.4, 0.5) is 11.6 Å². The molecule has 2 N–H and O–H groups in total. The van der Waals surface area contributed by atoms with E-state index in [1.54, 1.807) is 39.3 Å². The first-order valence-corrected chi connectivity index (χ1v) is 6.62. The van der Waals surface area contributed by atoms with Crippen molar-refractivity contribution in [1.29, 1.82) is 0 Å². The van der Waals surface area contributed by atoms with Gasteiger partial charge in [-0.2, -0.15) is 0 Å². The molecule has 21 heavy (non-hydrogen) atoms. The molecule has 0 aliphatic carbocycles. The van der Waals surface area contributed by atoms with Crippen LogP contribution in [0.25, 0.3) is 0 Å². The number of nitrogens with one attached hydrogen (secondary N) is 2. The molecule has 1 rings (SSSR count). The molecule has 1 aromatic heterocycles. The highest BCUT2D eigenvalue weighted by Crippen LogP contribution is 2.14. The lowest BCUT2D eigenvalue weighted by atomic mass is 10.4. The Bertz CT molecular complexity index is 455. The van der Waals surface area contributed by atoms with E-state index >= 15 is 0 Å². The minimum atomic E-state index is -0.0903. The SMILES string of the molecule is CNc1cc(N(C)CC(=O)NCCOC)nc(COC)n1. The van der Waals surface area contributed by atoms with Crippen LogP contribution in [0.1, 0.15) is 5.82 Å². The van der Waals surface area contributed by atoms with E-state index in [-0.39, 0.29) is 12.5 Å². The molecule has 0 atom stereocenters. The summed E-state index contributed by atoms with van der Waals surface area (Å²) in [6.45, 7) is 1.50. The van der Waals surface area contributed by atoms with Crippen LogP contribution in [-0.2, 0) is 20.9 Å². The molecule has 0 aliphatic rings. The Labute approximate surface area is 124 Å². The van der Waals surface area contributed by atoms with Gasteiger partial charge in [0, 0.05) is 40.9 Å². The van der Waals surface area contributed by atoms with Crippen molar-refractivity contribution in [2.75, 3.05) is 58.2 Å². The van der Waals surface area contributed by atoms with Crippen molar-refractivity contribution in [1.82, 2.24) is 15.3 Å². The van der Waals surface area contributed by atoms with Crippen LogP contribution in [0.2, 0.25) is 0 Å². The second-order valence-electron chi connectivity index (χ2n) is 4.41. The van der Waals surface area contributed by atoms with Gasteiger partial charge < -0.3 is 25.0 Å². The van der Waals surface area contributed by atoms with E-state index in [1.165, 1.54) is 0 Å². The van der Waals surface area contributed by atoms with Crippen LogP contribution < -0.4 is 15.5 Å². The van der Waals surface area contributed by atoms with E-state index in [1.807, 2.05) is 0 Å². The van der Waals surface area contributed by atoms with Crippen LogP contribution in [0.3, 0.4) is 0 Å². The summed E-state index contributed by atoms with van der Waals surface area (Å²) < 4.78 is 9.93. The van der Waals surface area contributed by atoms with Crippen LogP contribution in [0.5, 0.6) is 0 Å². The summed E-state index contributed by atoms with van der Waals surface area (Å²) in [5.74, 6) is 1.81. The molecule has 1 amide bonds. The van der Waals surface area contributed by atoms with Crippen molar-refractivity contribution < 1.29 is 14.3 Å². The number of anilines is 2. The summed E-state index contributed by atoms with van der Waals surface area (Å²) in [6, 6.07) is 1.78. The fourth-order valence-electron chi connectivity index (χ4n) is 1.65. The van der Waals surface area contributed by atoms with E-state index in [0.29, 0.717) is 37.2 Å². The fraction of sp³-hybridized carbons (Fsp3) is 0.615. The minimum absolute atomic E-state index is 0.0903. The highest BCUT2D eigenvalue weighted by molar-refractivity contribution is 5.80. The van der Waals surface area contributed by atoms with Crippen LogP contribution in [-0.4, -0.2) is 63.9 Å². The Hall–Kier alpha value is -1.93. The topological polar surface area (TPSA) is 88.6 Å². The number of amides is 1. The first-order valence-electron chi connectivity index (χ1n) is 6.62. The molecule has 0 spiro atoms. The molecule has 118 valence electrons. The standard InChI is InChI=1S/C13H23N5O3/c1-14-10-7-12(17-11(16-10)9-21-4)18(2)8-13(19)15-5-6-20-3/h7H,5-6,8-9H2,1-4H3,(H,15,19)(H,14,16,17). The normalized spacial score (nSPS) is 10.3. The van der Waals surface area contributed by atoms with Gasteiger partial charge in [-0.15, -0.1) is 0 Å². The number of hydrogen-bond donors (Lipinski definition) is 2. The molecule has 0 fully saturated rings. The quantitative estimate of drug-likeness (QED) is 0.613. The Morgan fingerprint density at radius 1 is 1.33 bits per heavy atom. The minimum Gasteiger partial charge on any atom is -0.383 e. The molecular weight excluding hydrogens is 274 g/mol. The van der Waals surface area contributed by atoms with Gasteiger partial charge in [-0.05, 0) is 0 Å². The Kier molecular flexibility index (Phi) is 7.41. The second-order valence-corrected chi connectivity index (χ2v) is 4.41. The van der Waals surface area contributed by atoms with Gasteiger partial charge in [-0.3, -0.25) is 4.79 Å². The molecule has 1 aromatic rings. The molecule has 8 nitrogen and oxygen atoms in total. The average Bonchev–Trinajstić information content (AvgIpc) is 2.47. The van der Waals surface area contributed by atoms with Gasteiger partial charge in [0.05, 0.1) is 13.2 Å². The maximum Gasteiger partial charge on any atom is 0.239 e. The van der Waals surface area contributed by atoms with Gasteiger partial charge in [0.25, 0.3) is 0 Å². The lowest BCUT2D eigenvalue weighted by Gasteiger charge is -2.19. The number of rotatable bonds is 9. The maximum atomic E-state index is 11.8. The molecule has 0 aliphatic heterocycles. The van der Waals surface area contributed by atoms with Crippen molar-refractivity contribution in [2.45, 2.75) is 6.61 Å². The number of hydrogen-bond acceptors (Lipinski definition) is 7. The second kappa shape index (κ2) is 9.09. The van der Waals surface area contributed by atoms with Crippen molar-refractivity contribution >= 4 is 17.5 Å². The number of methoxy groups -OCH3 is 2. The monoisotopic (exact) mass is 297 g/mol. The molecule has 0 saturated carbocycles. The molecule has 0 radical (unpaired) electrons. The van der Waals surface area contributed by atoms with E-state index in [2.05, 4.69) is 20.6 Å². The molecule has 0 saturated heterocycles. The van der Waals surface area contributed by atoms with E-state index in [9.17, 15) is 4.79 Å². The zero-order chi connectivity index (χ0) is 15.7. The first kappa shape index (κ1) is 17.1. The smallest absolute Gasteiger partial charge is 0.239 e. The number of ether oxygens (including phenoxy) is 2. The molecular formula is C13H23N5O3. The number of carbonyl (C=O) groups is 1. The highest BCUT2D eigenvalue weighted by atomic mass is 16.5. The molecule has 0 aromatic carbocycles. The average molecular weight is 297 g/mol. The highest BCUT2D eigenvalue weighted by Gasteiger charge is 2.11. The fourth-order valence-corrected chi connectivity index (χ4v) is 1.65. The zero-order valence-corrected chi connectivity index (χ0v) is 13.0.